The monoisotopic (exact) mass is 294 g/mol. The SMILES string of the molecule is NNc1ncc(F)c(N2CCN(CC(F)(F)F)CC2)n1. The van der Waals surface area contributed by atoms with E-state index in [2.05, 4.69) is 15.4 Å². The Morgan fingerprint density at radius 1 is 1.25 bits per heavy atom. The van der Waals surface area contributed by atoms with E-state index < -0.39 is 18.5 Å². The molecule has 0 unspecified atom stereocenters. The molecule has 0 amide bonds. The molecule has 6 nitrogen and oxygen atoms in total. The number of hydrogen-bond donors (Lipinski definition) is 2. The number of nitrogen functional groups attached to an aromatic ring is 1. The first-order chi connectivity index (χ1) is 9.39. The van der Waals surface area contributed by atoms with Gasteiger partial charge in [-0.25, -0.2) is 15.2 Å². The Morgan fingerprint density at radius 2 is 1.90 bits per heavy atom. The van der Waals surface area contributed by atoms with E-state index in [9.17, 15) is 17.6 Å². The Hall–Kier alpha value is -1.68. The molecule has 2 rings (SSSR count). The van der Waals surface area contributed by atoms with Gasteiger partial charge in [0.1, 0.15) is 0 Å². The molecule has 10 heteroatoms. The first-order valence-corrected chi connectivity index (χ1v) is 5.92. The second-order valence-electron chi connectivity index (χ2n) is 4.39. The molecule has 1 saturated heterocycles. The molecule has 0 saturated carbocycles. The second-order valence-corrected chi connectivity index (χ2v) is 4.39. The number of hydrazine groups is 1. The molecule has 0 spiro atoms. The third-order valence-corrected chi connectivity index (χ3v) is 2.93. The van der Waals surface area contributed by atoms with Gasteiger partial charge < -0.3 is 4.90 Å². The van der Waals surface area contributed by atoms with Gasteiger partial charge in [-0.3, -0.25) is 10.3 Å². The van der Waals surface area contributed by atoms with E-state index in [0.29, 0.717) is 0 Å². The lowest BCUT2D eigenvalue weighted by atomic mass is 10.3. The highest BCUT2D eigenvalue weighted by Crippen LogP contribution is 2.21. The van der Waals surface area contributed by atoms with Crippen LogP contribution in [0.1, 0.15) is 0 Å². The summed E-state index contributed by atoms with van der Waals surface area (Å²) in [6, 6.07) is 0. The summed E-state index contributed by atoms with van der Waals surface area (Å²) >= 11 is 0. The van der Waals surface area contributed by atoms with Crippen molar-refractivity contribution in [3.8, 4) is 0 Å². The summed E-state index contributed by atoms with van der Waals surface area (Å²) in [7, 11) is 0. The smallest absolute Gasteiger partial charge is 0.351 e. The first kappa shape index (κ1) is 14.7. The van der Waals surface area contributed by atoms with Gasteiger partial charge in [-0.15, -0.1) is 0 Å². The van der Waals surface area contributed by atoms with Gasteiger partial charge in [0.05, 0.1) is 12.7 Å². The summed E-state index contributed by atoms with van der Waals surface area (Å²) in [4.78, 5) is 10.3. The molecule has 3 N–H and O–H groups in total. The molecule has 1 aromatic heterocycles. The second kappa shape index (κ2) is 5.75. The van der Waals surface area contributed by atoms with E-state index in [1.807, 2.05) is 0 Å². The van der Waals surface area contributed by atoms with Crippen molar-refractivity contribution in [1.82, 2.24) is 14.9 Å². The highest BCUT2D eigenvalue weighted by molar-refractivity contribution is 5.44. The molecule has 2 heterocycles. The quantitative estimate of drug-likeness (QED) is 0.483. The average molecular weight is 294 g/mol. The fraction of sp³-hybridized carbons (Fsp3) is 0.600. The zero-order valence-corrected chi connectivity index (χ0v) is 10.5. The number of nitrogens with zero attached hydrogens (tertiary/aromatic N) is 4. The first-order valence-electron chi connectivity index (χ1n) is 5.92. The van der Waals surface area contributed by atoms with E-state index in [1.54, 1.807) is 4.90 Å². The Bertz CT molecular complexity index is 458. The molecule has 20 heavy (non-hydrogen) atoms. The lowest BCUT2D eigenvalue weighted by Crippen LogP contribution is -2.49. The molecule has 1 aliphatic heterocycles. The Labute approximate surface area is 112 Å². The summed E-state index contributed by atoms with van der Waals surface area (Å²) in [6.07, 6.45) is -3.25. The normalized spacial score (nSPS) is 17.4. The predicted molar refractivity (Wildman–Crippen MR) is 64.5 cm³/mol. The fourth-order valence-electron chi connectivity index (χ4n) is 2.02. The number of nitrogens with one attached hydrogen (secondary N) is 1. The van der Waals surface area contributed by atoms with Gasteiger partial charge >= 0.3 is 6.18 Å². The van der Waals surface area contributed by atoms with Crippen LogP contribution in [-0.2, 0) is 0 Å². The van der Waals surface area contributed by atoms with E-state index >= 15 is 0 Å². The molecule has 0 aliphatic carbocycles. The minimum absolute atomic E-state index is 0.0413. The number of aromatic nitrogens is 2. The van der Waals surface area contributed by atoms with Gasteiger partial charge in [0, 0.05) is 26.2 Å². The zero-order valence-electron chi connectivity index (χ0n) is 10.5. The molecule has 112 valence electrons. The lowest BCUT2D eigenvalue weighted by Gasteiger charge is -2.35. The average Bonchev–Trinajstić information content (AvgIpc) is 2.39. The minimum Gasteiger partial charge on any atom is -0.351 e. The van der Waals surface area contributed by atoms with Crippen molar-refractivity contribution < 1.29 is 17.6 Å². The maximum absolute atomic E-state index is 13.6. The van der Waals surface area contributed by atoms with Gasteiger partial charge in [-0.1, -0.05) is 0 Å². The largest absolute Gasteiger partial charge is 0.401 e. The van der Waals surface area contributed by atoms with Crippen LogP contribution in [0, 0.1) is 5.82 Å². The topological polar surface area (TPSA) is 70.3 Å². The van der Waals surface area contributed by atoms with Crippen LogP contribution in [0.2, 0.25) is 0 Å². The number of rotatable bonds is 3. The van der Waals surface area contributed by atoms with Gasteiger partial charge in [-0.05, 0) is 0 Å². The van der Waals surface area contributed by atoms with Crippen LogP contribution in [0.15, 0.2) is 6.20 Å². The maximum Gasteiger partial charge on any atom is 0.401 e. The number of anilines is 2. The molecule has 0 bridgehead atoms. The van der Waals surface area contributed by atoms with E-state index in [4.69, 9.17) is 5.84 Å². The van der Waals surface area contributed by atoms with Crippen LogP contribution < -0.4 is 16.2 Å². The van der Waals surface area contributed by atoms with Crippen LogP contribution in [0.3, 0.4) is 0 Å². The van der Waals surface area contributed by atoms with Gasteiger partial charge in [0.25, 0.3) is 0 Å². The van der Waals surface area contributed by atoms with Crippen molar-refractivity contribution in [2.75, 3.05) is 43.0 Å². The summed E-state index contributed by atoms with van der Waals surface area (Å²) < 4.78 is 50.4. The third-order valence-electron chi connectivity index (χ3n) is 2.93. The van der Waals surface area contributed by atoms with Crippen molar-refractivity contribution in [2.45, 2.75) is 6.18 Å². The molecule has 1 aromatic rings. The Balaban J connectivity index is 2.00. The summed E-state index contributed by atoms with van der Waals surface area (Å²) in [5.41, 5.74) is 2.20. The third kappa shape index (κ3) is 3.67. The Morgan fingerprint density at radius 3 is 2.45 bits per heavy atom. The molecule has 0 radical (unpaired) electrons. The summed E-state index contributed by atoms with van der Waals surface area (Å²) in [5.74, 6) is 4.61. The molecular weight excluding hydrogens is 280 g/mol. The molecule has 1 fully saturated rings. The van der Waals surface area contributed by atoms with Crippen molar-refractivity contribution in [1.29, 1.82) is 0 Å². The zero-order chi connectivity index (χ0) is 14.8. The number of halogens is 4. The number of piperazine rings is 1. The van der Waals surface area contributed by atoms with Crippen molar-refractivity contribution in [3.05, 3.63) is 12.0 Å². The van der Waals surface area contributed by atoms with Gasteiger partial charge in [0.2, 0.25) is 5.95 Å². The van der Waals surface area contributed by atoms with E-state index in [-0.39, 0.29) is 37.9 Å². The highest BCUT2D eigenvalue weighted by Gasteiger charge is 2.32. The highest BCUT2D eigenvalue weighted by atomic mass is 19.4. The number of hydrogen-bond acceptors (Lipinski definition) is 6. The number of alkyl halides is 3. The van der Waals surface area contributed by atoms with Crippen LogP contribution in [-0.4, -0.2) is 53.8 Å². The summed E-state index contributed by atoms with van der Waals surface area (Å²) in [6.45, 7) is -0.0621. The van der Waals surface area contributed by atoms with Gasteiger partial charge in [0.15, 0.2) is 11.6 Å². The van der Waals surface area contributed by atoms with Crippen molar-refractivity contribution in [3.63, 3.8) is 0 Å². The lowest BCUT2D eigenvalue weighted by molar-refractivity contribution is -0.146. The number of nitrogens with two attached hydrogens (primary N) is 1. The Kier molecular flexibility index (Phi) is 4.23. The summed E-state index contributed by atoms with van der Waals surface area (Å²) in [5, 5.41) is 0. The molecule has 0 atom stereocenters. The van der Waals surface area contributed by atoms with Gasteiger partial charge in [-0.2, -0.15) is 18.2 Å². The predicted octanol–water partition coefficient (Wildman–Crippen LogP) is 0.586. The van der Waals surface area contributed by atoms with Crippen LogP contribution in [0.25, 0.3) is 0 Å². The van der Waals surface area contributed by atoms with Crippen LogP contribution >= 0.6 is 0 Å². The standard InChI is InChI=1S/C10H14F4N6/c11-7-5-16-9(18-15)17-8(7)20-3-1-19(2-4-20)6-10(12,13)14/h5H,1-4,6,15H2,(H,16,17,18). The fourth-order valence-corrected chi connectivity index (χ4v) is 2.02. The molecular formula is C10H14F4N6. The molecule has 1 aliphatic rings. The van der Waals surface area contributed by atoms with Crippen LogP contribution in [0.4, 0.5) is 29.3 Å². The van der Waals surface area contributed by atoms with Crippen molar-refractivity contribution in [2.24, 2.45) is 5.84 Å². The van der Waals surface area contributed by atoms with E-state index in [1.165, 1.54) is 4.90 Å². The maximum atomic E-state index is 13.6. The molecule has 0 aromatic carbocycles. The van der Waals surface area contributed by atoms with E-state index in [0.717, 1.165) is 6.20 Å². The minimum atomic E-state index is -4.22. The van der Waals surface area contributed by atoms with Crippen molar-refractivity contribution >= 4 is 11.8 Å². The van der Waals surface area contributed by atoms with Crippen LogP contribution in [0.5, 0.6) is 0 Å².